The van der Waals surface area contributed by atoms with Crippen LogP contribution in [0.5, 0.6) is 0 Å². The van der Waals surface area contributed by atoms with Gasteiger partial charge in [0.25, 0.3) is 5.56 Å². The van der Waals surface area contributed by atoms with E-state index >= 15 is 0 Å². The van der Waals surface area contributed by atoms with Crippen LogP contribution < -0.4 is 10.5 Å². The first kappa shape index (κ1) is 19.9. The second-order valence-electron chi connectivity index (χ2n) is 7.16. The van der Waals surface area contributed by atoms with Crippen molar-refractivity contribution in [3.63, 3.8) is 0 Å². The predicted molar refractivity (Wildman–Crippen MR) is 113 cm³/mol. The Labute approximate surface area is 174 Å². The van der Waals surface area contributed by atoms with Crippen molar-refractivity contribution >= 4 is 11.7 Å². The number of carbonyl (C=O) groups is 1. The minimum atomic E-state index is -0.620. The zero-order valence-electron chi connectivity index (χ0n) is 17.0. The molecule has 8 heteroatoms. The number of rotatable bonds is 5. The summed E-state index contributed by atoms with van der Waals surface area (Å²) in [6, 6.07) is 10.8. The number of Topliss-reactive ketones (excluding diaryl/α,β-unsaturated/α-hetero) is 1. The first-order valence-electron chi connectivity index (χ1n) is 9.91. The number of carbonyl (C=O) groups excluding carboxylic acids is 1. The molecule has 1 atom stereocenters. The lowest BCUT2D eigenvalue weighted by Crippen LogP contribution is -2.48. The number of anilines is 1. The van der Waals surface area contributed by atoms with E-state index in [0.717, 1.165) is 12.0 Å². The quantitative estimate of drug-likeness (QED) is 0.599. The first-order chi connectivity index (χ1) is 14.6. The van der Waals surface area contributed by atoms with E-state index in [0.29, 0.717) is 42.6 Å². The van der Waals surface area contributed by atoms with Crippen molar-refractivity contribution in [3.8, 4) is 11.4 Å². The summed E-state index contributed by atoms with van der Waals surface area (Å²) in [5.41, 5.74) is 2.59. The Hall–Kier alpha value is -3.39. The fourth-order valence-electron chi connectivity index (χ4n) is 3.50. The van der Waals surface area contributed by atoms with Gasteiger partial charge in [-0.2, -0.15) is 0 Å². The number of benzene rings is 1. The van der Waals surface area contributed by atoms with Gasteiger partial charge in [-0.15, -0.1) is 0 Å². The summed E-state index contributed by atoms with van der Waals surface area (Å²) in [4.78, 5) is 40.2. The van der Waals surface area contributed by atoms with Gasteiger partial charge < -0.3 is 9.64 Å². The Morgan fingerprint density at radius 1 is 1.23 bits per heavy atom. The number of hydrogen-bond acceptors (Lipinski definition) is 7. The van der Waals surface area contributed by atoms with Gasteiger partial charge in [0, 0.05) is 31.4 Å². The smallest absolute Gasteiger partial charge is 0.255 e. The third-order valence-electron chi connectivity index (χ3n) is 5.22. The number of ether oxygens (including phenoxy) is 1. The highest BCUT2D eigenvalue weighted by Crippen LogP contribution is 2.20. The number of aromatic nitrogens is 4. The fourth-order valence-corrected chi connectivity index (χ4v) is 3.50. The highest BCUT2D eigenvalue weighted by atomic mass is 16.5. The Kier molecular flexibility index (Phi) is 5.67. The molecule has 8 nitrogen and oxygen atoms in total. The molecule has 3 heterocycles. The fraction of sp³-hybridized carbons (Fsp3) is 0.318. The number of ketones is 1. The van der Waals surface area contributed by atoms with E-state index in [1.165, 1.54) is 17.0 Å². The molecule has 1 aromatic carbocycles. The number of nitrogens with zero attached hydrogens (tertiary/aromatic N) is 5. The van der Waals surface area contributed by atoms with Crippen molar-refractivity contribution in [2.45, 2.75) is 19.4 Å². The van der Waals surface area contributed by atoms with Crippen LogP contribution in [0.1, 0.15) is 22.8 Å². The molecule has 0 N–H and O–H groups in total. The largest absolute Gasteiger partial charge is 0.366 e. The third-order valence-corrected chi connectivity index (χ3v) is 5.22. The summed E-state index contributed by atoms with van der Waals surface area (Å²) in [7, 11) is 1.67. The van der Waals surface area contributed by atoms with E-state index < -0.39 is 6.10 Å². The molecule has 1 fully saturated rings. The monoisotopic (exact) mass is 405 g/mol. The van der Waals surface area contributed by atoms with Gasteiger partial charge in [-0.25, -0.2) is 15.0 Å². The van der Waals surface area contributed by atoms with Crippen LogP contribution in [0.2, 0.25) is 0 Å². The molecule has 1 aliphatic heterocycles. The summed E-state index contributed by atoms with van der Waals surface area (Å²) >= 11 is 0. The van der Waals surface area contributed by atoms with Crippen LogP contribution in [0.4, 0.5) is 5.95 Å². The van der Waals surface area contributed by atoms with Gasteiger partial charge in [-0.1, -0.05) is 25.1 Å². The van der Waals surface area contributed by atoms with E-state index in [1.54, 1.807) is 19.3 Å². The second kappa shape index (κ2) is 8.54. The van der Waals surface area contributed by atoms with Gasteiger partial charge in [0.2, 0.25) is 5.95 Å². The molecule has 4 rings (SSSR count). The minimum Gasteiger partial charge on any atom is -0.366 e. The number of hydrogen-bond donors (Lipinski definition) is 0. The molecule has 0 radical (unpaired) electrons. The molecule has 30 heavy (non-hydrogen) atoms. The Balaban J connectivity index is 1.62. The maximum absolute atomic E-state index is 13.0. The van der Waals surface area contributed by atoms with Gasteiger partial charge in [-0.3, -0.25) is 14.2 Å². The lowest BCUT2D eigenvalue weighted by molar-refractivity contribution is 0.0336. The molecule has 0 spiro atoms. The van der Waals surface area contributed by atoms with Crippen LogP contribution in [-0.4, -0.2) is 51.1 Å². The van der Waals surface area contributed by atoms with Crippen molar-refractivity contribution in [1.29, 1.82) is 0 Å². The minimum absolute atomic E-state index is 0.0630. The van der Waals surface area contributed by atoms with Gasteiger partial charge >= 0.3 is 0 Å². The van der Waals surface area contributed by atoms with E-state index in [4.69, 9.17) is 4.74 Å². The van der Waals surface area contributed by atoms with Crippen LogP contribution in [0.3, 0.4) is 0 Å². The van der Waals surface area contributed by atoms with Crippen LogP contribution >= 0.6 is 0 Å². The Morgan fingerprint density at radius 2 is 2.10 bits per heavy atom. The van der Waals surface area contributed by atoms with E-state index in [9.17, 15) is 9.59 Å². The summed E-state index contributed by atoms with van der Waals surface area (Å²) < 4.78 is 7.26. The Bertz CT molecular complexity index is 1110. The van der Waals surface area contributed by atoms with Gasteiger partial charge in [-0.05, 0) is 24.1 Å². The molecule has 1 saturated heterocycles. The maximum Gasteiger partial charge on any atom is 0.255 e. The molecule has 0 saturated carbocycles. The van der Waals surface area contributed by atoms with Crippen molar-refractivity contribution < 1.29 is 9.53 Å². The average Bonchev–Trinajstić information content (AvgIpc) is 2.81. The molecule has 154 valence electrons. The zero-order valence-corrected chi connectivity index (χ0v) is 17.0. The van der Waals surface area contributed by atoms with E-state index in [1.807, 2.05) is 29.2 Å². The molecular weight excluding hydrogens is 382 g/mol. The van der Waals surface area contributed by atoms with E-state index in [2.05, 4.69) is 21.9 Å². The van der Waals surface area contributed by atoms with Crippen LogP contribution in [0.25, 0.3) is 11.4 Å². The molecule has 1 unspecified atom stereocenters. The van der Waals surface area contributed by atoms with Crippen molar-refractivity contribution in [2.24, 2.45) is 7.05 Å². The van der Waals surface area contributed by atoms with Crippen molar-refractivity contribution in [3.05, 3.63) is 70.4 Å². The molecular formula is C22H23N5O3. The summed E-state index contributed by atoms with van der Waals surface area (Å²) in [5, 5.41) is 0. The zero-order chi connectivity index (χ0) is 21.1. The summed E-state index contributed by atoms with van der Waals surface area (Å²) in [5.74, 6) is 0.423. The predicted octanol–water partition coefficient (Wildman–Crippen LogP) is 1.89. The van der Waals surface area contributed by atoms with Crippen molar-refractivity contribution in [1.82, 2.24) is 19.5 Å². The number of aryl methyl sites for hydroxylation is 1. The van der Waals surface area contributed by atoms with Crippen molar-refractivity contribution in [2.75, 3.05) is 24.6 Å². The summed E-state index contributed by atoms with van der Waals surface area (Å²) in [6.45, 7) is 3.28. The maximum atomic E-state index is 13.0. The standard InChI is InChI=1S/C22H23N5O3/c1-3-15-5-4-6-16(11-15)21(29)19-13-27(9-10-30-19)22-25-18(12-20(28)26(22)2)17-7-8-23-14-24-17/h4-8,11-12,14,19H,3,9-10,13H2,1-2H3. The average molecular weight is 405 g/mol. The highest BCUT2D eigenvalue weighted by Gasteiger charge is 2.29. The highest BCUT2D eigenvalue weighted by molar-refractivity contribution is 6.00. The molecule has 1 aliphatic rings. The molecule has 3 aromatic rings. The normalized spacial score (nSPS) is 16.5. The Morgan fingerprint density at radius 3 is 2.87 bits per heavy atom. The SMILES string of the molecule is CCc1cccc(C(=O)C2CN(c3nc(-c4ccncn4)cc(=O)n3C)CCO2)c1. The van der Waals surface area contributed by atoms with Gasteiger partial charge in [0.15, 0.2) is 5.78 Å². The topological polar surface area (TPSA) is 90.2 Å². The second-order valence-corrected chi connectivity index (χ2v) is 7.16. The molecule has 0 aliphatic carbocycles. The molecule has 2 aromatic heterocycles. The van der Waals surface area contributed by atoms with Crippen LogP contribution in [0.15, 0.2) is 53.7 Å². The number of morpholine rings is 1. The lowest BCUT2D eigenvalue weighted by Gasteiger charge is -2.33. The van der Waals surface area contributed by atoms with E-state index in [-0.39, 0.29) is 11.3 Å². The van der Waals surface area contributed by atoms with Gasteiger partial charge in [0.1, 0.15) is 12.4 Å². The van der Waals surface area contributed by atoms with Crippen LogP contribution in [0, 0.1) is 0 Å². The summed E-state index contributed by atoms with van der Waals surface area (Å²) in [6.07, 6.45) is 3.27. The molecule has 0 bridgehead atoms. The lowest BCUT2D eigenvalue weighted by atomic mass is 10.0. The first-order valence-corrected chi connectivity index (χ1v) is 9.91. The van der Waals surface area contributed by atoms with Crippen LogP contribution in [-0.2, 0) is 18.2 Å². The molecule has 0 amide bonds. The third kappa shape index (κ3) is 3.99. The van der Waals surface area contributed by atoms with Gasteiger partial charge in [0.05, 0.1) is 24.5 Å².